The van der Waals surface area contributed by atoms with Crippen LogP contribution < -0.4 is 0 Å². The quantitative estimate of drug-likeness (QED) is 0.444. The van der Waals surface area contributed by atoms with E-state index in [2.05, 4.69) is 37.3 Å². The standard InChI is InChI=1S/C22H36O2/c1-2-3-4-5-6-7-8-12-17-22(23-18-13-14-19-24-22)20-21-15-10-9-11-16-21/h9-11,15-16H,2-8,12-14,17-20H2,1H3. The molecule has 1 aliphatic heterocycles. The van der Waals surface area contributed by atoms with Gasteiger partial charge in [-0.1, -0.05) is 82.2 Å². The SMILES string of the molecule is CCCCCCCCCCC1(Cc2ccccc2)OCCCCO1. The van der Waals surface area contributed by atoms with Crippen molar-refractivity contribution >= 4 is 0 Å². The second kappa shape index (κ2) is 11.7. The highest BCUT2D eigenvalue weighted by molar-refractivity contribution is 5.16. The van der Waals surface area contributed by atoms with Gasteiger partial charge < -0.3 is 9.47 Å². The van der Waals surface area contributed by atoms with Crippen LogP contribution in [0.4, 0.5) is 0 Å². The highest BCUT2D eigenvalue weighted by Crippen LogP contribution is 2.29. The number of rotatable bonds is 11. The first kappa shape index (κ1) is 19.5. The van der Waals surface area contributed by atoms with Gasteiger partial charge in [0, 0.05) is 12.8 Å². The summed E-state index contributed by atoms with van der Waals surface area (Å²) in [5.41, 5.74) is 1.32. The minimum atomic E-state index is -0.389. The second-order valence-electron chi connectivity index (χ2n) is 7.20. The van der Waals surface area contributed by atoms with Crippen molar-refractivity contribution in [2.24, 2.45) is 0 Å². The van der Waals surface area contributed by atoms with Crippen LogP contribution in [0.25, 0.3) is 0 Å². The number of ether oxygens (including phenoxy) is 2. The van der Waals surface area contributed by atoms with Crippen LogP contribution >= 0.6 is 0 Å². The van der Waals surface area contributed by atoms with Crippen LogP contribution in [0, 0.1) is 0 Å². The molecule has 2 heteroatoms. The van der Waals surface area contributed by atoms with Crippen LogP contribution in [-0.2, 0) is 15.9 Å². The molecule has 1 aromatic rings. The molecule has 1 saturated heterocycles. The highest BCUT2D eigenvalue weighted by atomic mass is 16.7. The van der Waals surface area contributed by atoms with E-state index < -0.39 is 0 Å². The zero-order chi connectivity index (χ0) is 16.9. The van der Waals surface area contributed by atoms with E-state index in [1.807, 2.05) is 0 Å². The lowest BCUT2D eigenvalue weighted by Gasteiger charge is -2.32. The largest absolute Gasteiger partial charge is 0.350 e. The van der Waals surface area contributed by atoms with E-state index in [0.29, 0.717) is 0 Å². The predicted molar refractivity (Wildman–Crippen MR) is 101 cm³/mol. The molecule has 24 heavy (non-hydrogen) atoms. The van der Waals surface area contributed by atoms with Crippen LogP contribution in [0.5, 0.6) is 0 Å². The molecule has 2 rings (SSSR count). The molecule has 0 radical (unpaired) electrons. The number of hydrogen-bond donors (Lipinski definition) is 0. The van der Waals surface area contributed by atoms with E-state index in [9.17, 15) is 0 Å². The third kappa shape index (κ3) is 7.36. The molecule has 0 aliphatic carbocycles. The maximum atomic E-state index is 6.23. The molecule has 0 N–H and O–H groups in total. The summed E-state index contributed by atoms with van der Waals surface area (Å²) >= 11 is 0. The van der Waals surface area contributed by atoms with Crippen molar-refractivity contribution < 1.29 is 9.47 Å². The average Bonchev–Trinajstić information content (AvgIpc) is 2.84. The van der Waals surface area contributed by atoms with Crippen molar-refractivity contribution in [1.82, 2.24) is 0 Å². The molecule has 0 amide bonds. The fourth-order valence-electron chi connectivity index (χ4n) is 3.53. The summed E-state index contributed by atoms with van der Waals surface area (Å²) in [6.07, 6.45) is 14.9. The smallest absolute Gasteiger partial charge is 0.172 e. The summed E-state index contributed by atoms with van der Waals surface area (Å²) in [5, 5.41) is 0. The van der Waals surface area contributed by atoms with Crippen LogP contribution in [-0.4, -0.2) is 19.0 Å². The topological polar surface area (TPSA) is 18.5 Å². The minimum Gasteiger partial charge on any atom is -0.350 e. The van der Waals surface area contributed by atoms with E-state index in [0.717, 1.165) is 38.9 Å². The molecule has 1 aliphatic rings. The molecule has 0 spiro atoms. The number of benzene rings is 1. The van der Waals surface area contributed by atoms with Crippen LogP contribution in [0.2, 0.25) is 0 Å². The maximum Gasteiger partial charge on any atom is 0.172 e. The van der Waals surface area contributed by atoms with E-state index in [1.54, 1.807) is 0 Å². The van der Waals surface area contributed by atoms with E-state index >= 15 is 0 Å². The Hall–Kier alpha value is -0.860. The van der Waals surface area contributed by atoms with Gasteiger partial charge in [-0.3, -0.25) is 0 Å². The van der Waals surface area contributed by atoms with Crippen molar-refractivity contribution in [2.45, 2.75) is 89.8 Å². The summed E-state index contributed by atoms with van der Waals surface area (Å²) in [7, 11) is 0. The van der Waals surface area contributed by atoms with Crippen molar-refractivity contribution in [2.75, 3.05) is 13.2 Å². The fourth-order valence-corrected chi connectivity index (χ4v) is 3.53. The number of hydrogen-bond acceptors (Lipinski definition) is 2. The molecule has 0 saturated carbocycles. The monoisotopic (exact) mass is 332 g/mol. The second-order valence-corrected chi connectivity index (χ2v) is 7.20. The fraction of sp³-hybridized carbons (Fsp3) is 0.727. The Morgan fingerprint density at radius 3 is 2.00 bits per heavy atom. The van der Waals surface area contributed by atoms with E-state index in [1.165, 1.54) is 56.9 Å². The van der Waals surface area contributed by atoms with Crippen molar-refractivity contribution in [3.8, 4) is 0 Å². The van der Waals surface area contributed by atoms with Crippen LogP contribution in [0.1, 0.15) is 83.1 Å². The molecule has 0 aromatic heterocycles. The van der Waals surface area contributed by atoms with Crippen molar-refractivity contribution in [3.63, 3.8) is 0 Å². The molecule has 136 valence electrons. The summed E-state index contributed by atoms with van der Waals surface area (Å²) in [5.74, 6) is -0.389. The Morgan fingerprint density at radius 1 is 0.792 bits per heavy atom. The highest BCUT2D eigenvalue weighted by Gasteiger charge is 2.33. The third-order valence-electron chi connectivity index (χ3n) is 5.00. The van der Waals surface area contributed by atoms with Gasteiger partial charge in [-0.2, -0.15) is 0 Å². The Labute approximate surface area is 148 Å². The summed E-state index contributed by atoms with van der Waals surface area (Å²) in [6, 6.07) is 10.7. The molecular weight excluding hydrogens is 296 g/mol. The molecule has 1 heterocycles. The Morgan fingerprint density at radius 2 is 1.38 bits per heavy atom. The van der Waals surface area contributed by atoms with Gasteiger partial charge in [0.25, 0.3) is 0 Å². The summed E-state index contributed by atoms with van der Waals surface area (Å²) in [4.78, 5) is 0. The van der Waals surface area contributed by atoms with Gasteiger partial charge in [0.05, 0.1) is 13.2 Å². The lowest BCUT2D eigenvalue weighted by molar-refractivity contribution is -0.229. The molecule has 0 bridgehead atoms. The predicted octanol–water partition coefficient (Wildman–Crippen LogP) is 6.28. The lowest BCUT2D eigenvalue weighted by atomic mass is 9.98. The maximum absolute atomic E-state index is 6.23. The van der Waals surface area contributed by atoms with Gasteiger partial charge in [-0.15, -0.1) is 0 Å². The first-order chi connectivity index (χ1) is 11.8. The first-order valence-electron chi connectivity index (χ1n) is 10.2. The van der Waals surface area contributed by atoms with Crippen LogP contribution in [0.3, 0.4) is 0 Å². The molecule has 1 fully saturated rings. The van der Waals surface area contributed by atoms with E-state index in [-0.39, 0.29) is 5.79 Å². The normalized spacial score (nSPS) is 17.5. The Kier molecular flexibility index (Phi) is 9.45. The first-order valence-corrected chi connectivity index (χ1v) is 10.2. The lowest BCUT2D eigenvalue weighted by Crippen LogP contribution is -2.38. The van der Waals surface area contributed by atoms with Crippen LogP contribution in [0.15, 0.2) is 30.3 Å². The van der Waals surface area contributed by atoms with Gasteiger partial charge in [-0.05, 0) is 24.8 Å². The summed E-state index contributed by atoms with van der Waals surface area (Å²) < 4.78 is 12.5. The van der Waals surface area contributed by atoms with Gasteiger partial charge in [-0.25, -0.2) is 0 Å². The Balaban J connectivity index is 1.76. The van der Waals surface area contributed by atoms with Gasteiger partial charge in [0.15, 0.2) is 5.79 Å². The van der Waals surface area contributed by atoms with E-state index in [4.69, 9.17) is 9.47 Å². The zero-order valence-corrected chi connectivity index (χ0v) is 15.6. The van der Waals surface area contributed by atoms with Crippen molar-refractivity contribution in [3.05, 3.63) is 35.9 Å². The molecular formula is C22H36O2. The average molecular weight is 333 g/mol. The molecule has 1 aromatic carbocycles. The third-order valence-corrected chi connectivity index (χ3v) is 5.00. The Bertz CT molecular complexity index is 407. The van der Waals surface area contributed by atoms with Gasteiger partial charge in [0.2, 0.25) is 0 Å². The number of unbranched alkanes of at least 4 members (excludes halogenated alkanes) is 7. The zero-order valence-electron chi connectivity index (χ0n) is 15.6. The molecule has 0 unspecified atom stereocenters. The molecule has 2 nitrogen and oxygen atoms in total. The van der Waals surface area contributed by atoms with Gasteiger partial charge in [0.1, 0.15) is 0 Å². The summed E-state index contributed by atoms with van der Waals surface area (Å²) in [6.45, 7) is 3.95. The minimum absolute atomic E-state index is 0.389. The van der Waals surface area contributed by atoms with Crippen molar-refractivity contribution in [1.29, 1.82) is 0 Å². The molecule has 0 atom stereocenters. The van der Waals surface area contributed by atoms with Gasteiger partial charge >= 0.3 is 0 Å².